The van der Waals surface area contributed by atoms with Crippen LogP contribution >= 0.6 is 0 Å². The van der Waals surface area contributed by atoms with Crippen LogP contribution in [0.15, 0.2) is 65.6 Å². The fraction of sp³-hybridized carbons (Fsp3) is 0.0588. The molecule has 128 valence electrons. The topological polar surface area (TPSA) is 98.5 Å². The summed E-state index contributed by atoms with van der Waals surface area (Å²) in [6, 6.07) is 16.2. The van der Waals surface area contributed by atoms with Crippen molar-refractivity contribution in [2.24, 2.45) is 0 Å². The lowest BCUT2D eigenvalue weighted by atomic mass is 10.1. The number of anilines is 1. The Kier molecular flexibility index (Phi) is 4.28. The Morgan fingerprint density at radius 1 is 1.00 bits per heavy atom. The molecule has 3 aromatic rings. The van der Waals surface area contributed by atoms with Crippen LogP contribution in [0.2, 0.25) is 0 Å². The van der Waals surface area contributed by atoms with E-state index in [1.165, 1.54) is 19.2 Å². The SMILES string of the molecule is COc1ccc(S(=O)(=O)Nc2ccc3ccccc3c2)cc1[N+](=O)[O-]. The second kappa shape index (κ2) is 6.40. The maximum Gasteiger partial charge on any atom is 0.312 e. The molecule has 0 atom stereocenters. The van der Waals surface area contributed by atoms with Crippen LogP contribution in [-0.2, 0) is 10.0 Å². The van der Waals surface area contributed by atoms with Crippen LogP contribution in [0.25, 0.3) is 10.8 Å². The van der Waals surface area contributed by atoms with E-state index in [1.54, 1.807) is 18.2 Å². The van der Waals surface area contributed by atoms with Gasteiger partial charge in [-0.25, -0.2) is 8.42 Å². The highest BCUT2D eigenvalue weighted by Crippen LogP contribution is 2.30. The number of methoxy groups -OCH3 is 1. The van der Waals surface area contributed by atoms with Gasteiger partial charge in [0, 0.05) is 11.8 Å². The zero-order valence-corrected chi connectivity index (χ0v) is 14.0. The maximum atomic E-state index is 12.5. The summed E-state index contributed by atoms with van der Waals surface area (Å²) in [5, 5.41) is 12.9. The van der Waals surface area contributed by atoms with E-state index in [0.29, 0.717) is 5.69 Å². The number of nitrogens with zero attached hydrogens (tertiary/aromatic N) is 1. The van der Waals surface area contributed by atoms with Crippen molar-refractivity contribution in [3.63, 3.8) is 0 Å². The third kappa shape index (κ3) is 3.38. The summed E-state index contributed by atoms with van der Waals surface area (Å²) in [4.78, 5) is 10.2. The summed E-state index contributed by atoms with van der Waals surface area (Å²) in [5.41, 5.74) is -0.0407. The van der Waals surface area contributed by atoms with Gasteiger partial charge in [0.15, 0.2) is 5.75 Å². The Morgan fingerprint density at radius 2 is 1.72 bits per heavy atom. The molecule has 7 nitrogen and oxygen atoms in total. The number of fused-ring (bicyclic) bond motifs is 1. The zero-order chi connectivity index (χ0) is 18.0. The number of nitro benzene ring substituents is 1. The molecule has 0 saturated carbocycles. The molecule has 0 aliphatic heterocycles. The summed E-state index contributed by atoms with van der Waals surface area (Å²) >= 11 is 0. The lowest BCUT2D eigenvalue weighted by molar-refractivity contribution is -0.386. The van der Waals surface area contributed by atoms with Gasteiger partial charge in [-0.2, -0.15) is 0 Å². The summed E-state index contributed by atoms with van der Waals surface area (Å²) < 4.78 is 32.4. The van der Waals surface area contributed by atoms with Crippen LogP contribution < -0.4 is 9.46 Å². The second-order valence-electron chi connectivity index (χ2n) is 5.26. The Hall–Kier alpha value is -3.13. The van der Waals surface area contributed by atoms with Crippen molar-refractivity contribution >= 4 is 32.2 Å². The molecule has 1 N–H and O–H groups in total. The Labute approximate surface area is 144 Å². The van der Waals surface area contributed by atoms with Gasteiger partial charge in [-0.1, -0.05) is 30.3 Å². The standard InChI is InChI=1S/C17H14N2O5S/c1-24-17-9-8-15(11-16(17)19(20)21)25(22,23)18-14-7-6-12-4-2-3-5-13(12)10-14/h2-11,18H,1H3. The first-order valence-corrected chi connectivity index (χ1v) is 8.73. The summed E-state index contributed by atoms with van der Waals surface area (Å²) in [6.45, 7) is 0. The van der Waals surface area contributed by atoms with E-state index in [2.05, 4.69) is 4.72 Å². The predicted octanol–water partition coefficient (Wildman–Crippen LogP) is 3.56. The Bertz CT molecular complexity index is 1060. The summed E-state index contributed by atoms with van der Waals surface area (Å²) in [5.74, 6) is -0.00495. The van der Waals surface area contributed by atoms with Gasteiger partial charge in [-0.05, 0) is 35.0 Å². The minimum absolute atomic E-state index is 0.00495. The highest BCUT2D eigenvalue weighted by Gasteiger charge is 2.22. The number of nitrogens with one attached hydrogen (secondary N) is 1. The molecule has 8 heteroatoms. The average molecular weight is 358 g/mol. The van der Waals surface area contributed by atoms with Crippen LogP contribution in [0.5, 0.6) is 5.75 Å². The van der Waals surface area contributed by atoms with Gasteiger partial charge in [0.2, 0.25) is 0 Å². The average Bonchev–Trinajstić information content (AvgIpc) is 2.60. The van der Waals surface area contributed by atoms with E-state index in [-0.39, 0.29) is 10.6 Å². The van der Waals surface area contributed by atoms with Crippen molar-refractivity contribution in [2.45, 2.75) is 4.90 Å². The van der Waals surface area contributed by atoms with Gasteiger partial charge in [-0.15, -0.1) is 0 Å². The molecule has 3 aromatic carbocycles. The fourth-order valence-electron chi connectivity index (χ4n) is 2.45. The van der Waals surface area contributed by atoms with Crippen molar-refractivity contribution in [1.82, 2.24) is 0 Å². The van der Waals surface area contributed by atoms with Gasteiger partial charge < -0.3 is 4.74 Å². The molecule has 25 heavy (non-hydrogen) atoms. The van der Waals surface area contributed by atoms with Crippen LogP contribution in [0.1, 0.15) is 0 Å². The van der Waals surface area contributed by atoms with Gasteiger partial charge in [-0.3, -0.25) is 14.8 Å². The molecule has 0 saturated heterocycles. The van der Waals surface area contributed by atoms with E-state index >= 15 is 0 Å². The predicted molar refractivity (Wildman–Crippen MR) is 94.4 cm³/mol. The Morgan fingerprint density at radius 3 is 2.40 bits per heavy atom. The van der Waals surface area contributed by atoms with Gasteiger partial charge >= 0.3 is 5.69 Å². The third-order valence-corrected chi connectivity index (χ3v) is 5.04. The van der Waals surface area contributed by atoms with Gasteiger partial charge in [0.1, 0.15) is 0 Å². The highest BCUT2D eigenvalue weighted by atomic mass is 32.2. The maximum absolute atomic E-state index is 12.5. The Balaban J connectivity index is 1.98. The normalized spacial score (nSPS) is 11.2. The van der Waals surface area contributed by atoms with E-state index in [1.807, 2.05) is 24.3 Å². The van der Waals surface area contributed by atoms with Crippen molar-refractivity contribution < 1.29 is 18.1 Å². The number of hydrogen-bond acceptors (Lipinski definition) is 5. The number of rotatable bonds is 5. The minimum Gasteiger partial charge on any atom is -0.490 e. The lowest BCUT2D eigenvalue weighted by Crippen LogP contribution is -2.13. The van der Waals surface area contributed by atoms with E-state index in [9.17, 15) is 18.5 Å². The molecule has 0 aliphatic carbocycles. The van der Waals surface area contributed by atoms with Crippen LogP contribution in [0.4, 0.5) is 11.4 Å². The summed E-state index contributed by atoms with van der Waals surface area (Å²) in [6.07, 6.45) is 0. The third-order valence-electron chi connectivity index (χ3n) is 3.66. The molecule has 3 rings (SSSR count). The monoisotopic (exact) mass is 358 g/mol. The highest BCUT2D eigenvalue weighted by molar-refractivity contribution is 7.92. The first-order valence-electron chi connectivity index (χ1n) is 7.25. The molecule has 0 spiro atoms. The molecule has 0 radical (unpaired) electrons. The molecule has 0 amide bonds. The number of ether oxygens (including phenoxy) is 1. The van der Waals surface area contributed by atoms with Crippen molar-refractivity contribution in [3.05, 3.63) is 70.8 Å². The molecule has 0 aromatic heterocycles. The molecule has 0 aliphatic rings. The zero-order valence-electron chi connectivity index (χ0n) is 13.2. The van der Waals surface area contributed by atoms with Crippen LogP contribution in [0.3, 0.4) is 0 Å². The number of hydrogen-bond donors (Lipinski definition) is 1. The molecule has 0 fully saturated rings. The largest absolute Gasteiger partial charge is 0.490 e. The molecule has 0 heterocycles. The first kappa shape index (κ1) is 16.7. The lowest BCUT2D eigenvalue weighted by Gasteiger charge is -2.10. The second-order valence-corrected chi connectivity index (χ2v) is 6.94. The van der Waals surface area contributed by atoms with Crippen LogP contribution in [0, 0.1) is 10.1 Å². The quantitative estimate of drug-likeness (QED) is 0.555. The van der Waals surface area contributed by atoms with Gasteiger partial charge in [0.25, 0.3) is 10.0 Å². The van der Waals surface area contributed by atoms with E-state index in [0.717, 1.165) is 16.8 Å². The van der Waals surface area contributed by atoms with Gasteiger partial charge in [0.05, 0.1) is 16.9 Å². The van der Waals surface area contributed by atoms with Crippen molar-refractivity contribution in [2.75, 3.05) is 11.8 Å². The molecule has 0 unspecified atom stereocenters. The smallest absolute Gasteiger partial charge is 0.312 e. The molecule has 0 bridgehead atoms. The minimum atomic E-state index is -3.97. The number of sulfonamides is 1. The first-order chi connectivity index (χ1) is 11.9. The van der Waals surface area contributed by atoms with Crippen LogP contribution in [-0.4, -0.2) is 20.5 Å². The number of nitro groups is 1. The van der Waals surface area contributed by atoms with Crippen molar-refractivity contribution in [3.8, 4) is 5.75 Å². The van der Waals surface area contributed by atoms with E-state index < -0.39 is 20.6 Å². The summed E-state index contributed by atoms with van der Waals surface area (Å²) in [7, 11) is -2.69. The molecular formula is C17H14N2O5S. The fourth-order valence-corrected chi connectivity index (χ4v) is 3.52. The number of benzene rings is 3. The van der Waals surface area contributed by atoms with Crippen molar-refractivity contribution in [1.29, 1.82) is 0 Å². The molecular weight excluding hydrogens is 344 g/mol. The van der Waals surface area contributed by atoms with E-state index in [4.69, 9.17) is 4.74 Å².